The van der Waals surface area contributed by atoms with Crippen LogP contribution in [0.2, 0.25) is 0 Å². The van der Waals surface area contributed by atoms with Gasteiger partial charge in [-0.05, 0) is 18.2 Å². The summed E-state index contributed by atoms with van der Waals surface area (Å²) in [5.41, 5.74) is 5.20. The summed E-state index contributed by atoms with van der Waals surface area (Å²) < 4.78 is 5.58. The molecule has 2 aromatic rings. The molecule has 1 fully saturated rings. The summed E-state index contributed by atoms with van der Waals surface area (Å²) in [4.78, 5) is 46.9. The Morgan fingerprint density at radius 2 is 2.03 bits per heavy atom. The zero-order valence-electron chi connectivity index (χ0n) is 15.0. The molecule has 1 atom stereocenters. The molecule has 0 aliphatic carbocycles. The Bertz CT molecular complexity index is 1110. The van der Waals surface area contributed by atoms with Crippen molar-refractivity contribution >= 4 is 57.8 Å². The number of carbonyl (C=O) groups excluding carboxylic acids is 2. The standard InChI is InChI=1S/C18H13N3O7S2/c19-15(22)8-12(17(24)25)20-16(23)14(30-18(20)29)7-9-5-6-13(28-9)10-3-1-2-4-11(10)21(26)27/h1-7,12H,8H2,(H2,19,22)(H,24,25)/b14-7+. The van der Waals surface area contributed by atoms with Crippen molar-refractivity contribution in [2.75, 3.05) is 0 Å². The Morgan fingerprint density at radius 1 is 1.33 bits per heavy atom. The monoisotopic (exact) mass is 447 g/mol. The van der Waals surface area contributed by atoms with Crippen LogP contribution in [0.15, 0.2) is 45.7 Å². The highest BCUT2D eigenvalue weighted by Crippen LogP contribution is 2.36. The van der Waals surface area contributed by atoms with Crippen LogP contribution < -0.4 is 5.73 Å². The van der Waals surface area contributed by atoms with Gasteiger partial charge in [-0.3, -0.25) is 24.6 Å². The van der Waals surface area contributed by atoms with Crippen LogP contribution in [0.4, 0.5) is 5.69 Å². The summed E-state index contributed by atoms with van der Waals surface area (Å²) in [6.45, 7) is 0. The third-order valence-corrected chi connectivity index (χ3v) is 5.41. The van der Waals surface area contributed by atoms with Gasteiger partial charge in [0, 0.05) is 12.1 Å². The van der Waals surface area contributed by atoms with E-state index in [-0.39, 0.29) is 32.0 Å². The zero-order valence-corrected chi connectivity index (χ0v) is 16.6. The molecule has 1 aromatic carbocycles. The average Bonchev–Trinajstić information content (AvgIpc) is 3.24. The summed E-state index contributed by atoms with van der Waals surface area (Å²) in [5, 5.41) is 20.5. The van der Waals surface area contributed by atoms with Gasteiger partial charge >= 0.3 is 5.97 Å². The normalized spacial score (nSPS) is 16.1. The second-order valence-corrected chi connectivity index (χ2v) is 7.73. The van der Waals surface area contributed by atoms with Crippen LogP contribution in [0.3, 0.4) is 0 Å². The van der Waals surface area contributed by atoms with E-state index in [0.717, 1.165) is 16.7 Å². The van der Waals surface area contributed by atoms with Crippen LogP contribution in [0.1, 0.15) is 12.2 Å². The van der Waals surface area contributed by atoms with Crippen LogP contribution in [0, 0.1) is 10.1 Å². The van der Waals surface area contributed by atoms with E-state index in [9.17, 15) is 29.6 Å². The summed E-state index contributed by atoms with van der Waals surface area (Å²) in [5.74, 6) is -2.57. The molecular weight excluding hydrogens is 434 g/mol. The number of hydrogen-bond donors (Lipinski definition) is 2. The Hall–Kier alpha value is -3.51. The molecule has 1 unspecified atom stereocenters. The van der Waals surface area contributed by atoms with Crippen LogP contribution in [0.5, 0.6) is 0 Å². The second kappa shape index (κ2) is 8.47. The fourth-order valence-electron chi connectivity index (χ4n) is 2.77. The number of aliphatic carboxylic acids is 1. The van der Waals surface area contributed by atoms with Crippen LogP contribution >= 0.6 is 24.0 Å². The van der Waals surface area contributed by atoms with E-state index in [1.54, 1.807) is 6.07 Å². The summed E-state index contributed by atoms with van der Waals surface area (Å²) in [6, 6.07) is 7.54. The van der Waals surface area contributed by atoms with E-state index in [1.807, 2.05) is 0 Å². The lowest BCUT2D eigenvalue weighted by molar-refractivity contribution is -0.384. The molecule has 30 heavy (non-hydrogen) atoms. The van der Waals surface area contributed by atoms with E-state index < -0.39 is 35.2 Å². The maximum absolute atomic E-state index is 12.7. The third-order valence-electron chi connectivity index (χ3n) is 4.08. The van der Waals surface area contributed by atoms with Gasteiger partial charge < -0.3 is 15.3 Å². The number of para-hydroxylation sites is 1. The number of carboxylic acids is 1. The van der Waals surface area contributed by atoms with E-state index in [2.05, 4.69) is 0 Å². The van der Waals surface area contributed by atoms with Gasteiger partial charge in [-0.15, -0.1) is 0 Å². The number of nitro benzene ring substituents is 1. The fourth-order valence-corrected chi connectivity index (χ4v) is 4.11. The molecule has 2 amide bonds. The summed E-state index contributed by atoms with van der Waals surface area (Å²) >= 11 is 5.94. The number of benzene rings is 1. The number of carboxylic acid groups (broad SMARTS) is 1. The number of nitrogens with two attached hydrogens (primary N) is 1. The van der Waals surface area contributed by atoms with Gasteiger partial charge in [-0.1, -0.05) is 36.1 Å². The molecule has 1 aliphatic rings. The van der Waals surface area contributed by atoms with Gasteiger partial charge in [0.05, 0.1) is 21.8 Å². The molecule has 2 heterocycles. The van der Waals surface area contributed by atoms with E-state index in [1.165, 1.54) is 36.4 Å². The van der Waals surface area contributed by atoms with E-state index in [0.29, 0.717) is 0 Å². The number of primary amides is 1. The van der Waals surface area contributed by atoms with Crippen LogP contribution in [-0.2, 0) is 14.4 Å². The van der Waals surface area contributed by atoms with Crippen molar-refractivity contribution in [3.05, 3.63) is 57.2 Å². The molecule has 1 aromatic heterocycles. The first-order valence-electron chi connectivity index (χ1n) is 8.31. The number of rotatable bonds is 7. The van der Waals surface area contributed by atoms with Crippen molar-refractivity contribution < 1.29 is 28.8 Å². The molecule has 3 N–H and O–H groups in total. The van der Waals surface area contributed by atoms with E-state index >= 15 is 0 Å². The molecule has 154 valence electrons. The van der Waals surface area contributed by atoms with E-state index in [4.69, 9.17) is 22.4 Å². The zero-order chi connectivity index (χ0) is 22.0. The van der Waals surface area contributed by atoms with Crippen LogP contribution in [-0.4, -0.2) is 43.1 Å². The minimum atomic E-state index is -1.51. The SMILES string of the molecule is NC(=O)CC(C(=O)O)N1C(=O)/C(=C\c2ccc(-c3ccccc3[N+](=O)[O-])o2)SC1=S. The van der Waals surface area contributed by atoms with Crippen molar-refractivity contribution in [2.45, 2.75) is 12.5 Å². The maximum Gasteiger partial charge on any atom is 0.327 e. The van der Waals surface area contributed by atoms with Gasteiger partial charge in [0.2, 0.25) is 5.91 Å². The molecule has 1 aliphatic heterocycles. The average molecular weight is 447 g/mol. The van der Waals surface area contributed by atoms with Crippen molar-refractivity contribution in [3.63, 3.8) is 0 Å². The first-order valence-corrected chi connectivity index (χ1v) is 9.53. The predicted molar refractivity (Wildman–Crippen MR) is 111 cm³/mol. The van der Waals surface area contributed by atoms with Gasteiger partial charge in [-0.25, -0.2) is 4.79 Å². The lowest BCUT2D eigenvalue weighted by atomic mass is 10.1. The molecule has 0 spiro atoms. The third kappa shape index (κ3) is 4.23. The van der Waals surface area contributed by atoms with Crippen molar-refractivity contribution in [1.82, 2.24) is 4.90 Å². The van der Waals surface area contributed by atoms with Crippen molar-refractivity contribution in [3.8, 4) is 11.3 Å². The molecule has 0 bridgehead atoms. The van der Waals surface area contributed by atoms with Gasteiger partial charge in [0.1, 0.15) is 21.9 Å². The first kappa shape index (κ1) is 21.2. The number of carbonyl (C=O) groups is 3. The number of nitrogens with zero attached hydrogens (tertiary/aromatic N) is 2. The van der Waals surface area contributed by atoms with Gasteiger partial charge in [0.15, 0.2) is 0 Å². The second-order valence-electron chi connectivity index (χ2n) is 6.05. The minimum absolute atomic E-state index is 0.0367. The Labute approximate surface area is 178 Å². The molecule has 12 heteroatoms. The maximum atomic E-state index is 12.7. The Morgan fingerprint density at radius 3 is 2.67 bits per heavy atom. The number of amides is 2. The highest BCUT2D eigenvalue weighted by molar-refractivity contribution is 8.26. The summed E-state index contributed by atoms with van der Waals surface area (Å²) in [7, 11) is 0. The van der Waals surface area contributed by atoms with Crippen molar-refractivity contribution in [2.24, 2.45) is 5.73 Å². The first-order chi connectivity index (χ1) is 14.2. The number of thioether (sulfide) groups is 1. The van der Waals surface area contributed by atoms with Crippen molar-refractivity contribution in [1.29, 1.82) is 0 Å². The molecule has 0 saturated carbocycles. The fraction of sp³-hybridized carbons (Fsp3) is 0.111. The number of furan rings is 1. The smallest absolute Gasteiger partial charge is 0.327 e. The lowest BCUT2D eigenvalue weighted by Gasteiger charge is -2.21. The molecule has 0 radical (unpaired) electrons. The highest BCUT2D eigenvalue weighted by Gasteiger charge is 2.41. The molecule has 1 saturated heterocycles. The lowest BCUT2D eigenvalue weighted by Crippen LogP contribution is -2.46. The topological polar surface area (TPSA) is 157 Å². The Balaban J connectivity index is 1.90. The number of nitro groups is 1. The largest absolute Gasteiger partial charge is 0.480 e. The molecular formula is C18H13N3O7S2. The van der Waals surface area contributed by atoms with Gasteiger partial charge in [0.25, 0.3) is 11.6 Å². The molecule has 10 nitrogen and oxygen atoms in total. The predicted octanol–water partition coefficient (Wildman–Crippen LogP) is 2.38. The number of hydrogen-bond acceptors (Lipinski definition) is 8. The number of thiocarbonyl (C=S) groups is 1. The highest BCUT2D eigenvalue weighted by atomic mass is 32.2. The molecule has 3 rings (SSSR count). The Kier molecular flexibility index (Phi) is 5.99. The van der Waals surface area contributed by atoms with Gasteiger partial charge in [-0.2, -0.15) is 0 Å². The summed E-state index contributed by atoms with van der Waals surface area (Å²) in [6.07, 6.45) is 0.762. The van der Waals surface area contributed by atoms with Crippen LogP contribution in [0.25, 0.3) is 17.4 Å². The quantitative estimate of drug-likeness (QED) is 0.281. The minimum Gasteiger partial charge on any atom is -0.480 e.